The van der Waals surface area contributed by atoms with Gasteiger partial charge < -0.3 is 14.2 Å². The van der Waals surface area contributed by atoms with E-state index in [9.17, 15) is 0 Å². The van der Waals surface area contributed by atoms with E-state index in [0.717, 1.165) is 28.0 Å². The zero-order valence-corrected chi connectivity index (χ0v) is 25.8. The Balaban J connectivity index is 1.34. The molecule has 44 heavy (non-hydrogen) atoms. The molecule has 0 unspecified atom stereocenters. The first-order chi connectivity index (χ1) is 21.3. The fourth-order valence-corrected chi connectivity index (χ4v) is 8.16. The van der Waals surface area contributed by atoms with Gasteiger partial charge in [-0.3, -0.25) is 0 Å². The number of para-hydroxylation sites is 3. The Morgan fingerprint density at radius 3 is 2.07 bits per heavy atom. The lowest BCUT2D eigenvalue weighted by Gasteiger charge is -2.44. The molecule has 0 fully saturated rings. The first-order valence-electron chi connectivity index (χ1n) is 15.9. The topological polar surface area (TPSA) is 19.6 Å². The monoisotopic (exact) mass is 570 g/mol. The third-order valence-electron chi connectivity index (χ3n) is 10.5. The molecule has 0 bridgehead atoms. The molecule has 0 N–H and O–H groups in total. The Hall–Kier alpha value is -4.70. The maximum Gasteiger partial charge on any atom is 0.297 e. The van der Waals surface area contributed by atoms with E-state index >= 15 is 0 Å². The van der Waals surface area contributed by atoms with Crippen LogP contribution in [0.3, 0.4) is 0 Å². The van der Waals surface area contributed by atoms with E-state index < -0.39 is 0 Å². The van der Waals surface area contributed by atoms with Gasteiger partial charge in [0.05, 0.1) is 11.3 Å². The Morgan fingerprint density at radius 2 is 1.25 bits per heavy atom. The van der Waals surface area contributed by atoms with Crippen LogP contribution in [0.15, 0.2) is 120 Å². The van der Waals surface area contributed by atoms with Crippen LogP contribution in [0.1, 0.15) is 51.7 Å². The van der Waals surface area contributed by atoms with E-state index in [-0.39, 0.29) is 17.5 Å². The van der Waals surface area contributed by atoms with Crippen LogP contribution in [0.2, 0.25) is 0 Å². The van der Waals surface area contributed by atoms with Crippen molar-refractivity contribution in [1.29, 1.82) is 0 Å². The summed E-state index contributed by atoms with van der Waals surface area (Å²) < 4.78 is 6.85. The van der Waals surface area contributed by atoms with Crippen LogP contribution in [0.5, 0.6) is 0 Å². The number of hydrogen-bond acceptors (Lipinski definition) is 3. The molecule has 0 saturated carbocycles. The van der Waals surface area contributed by atoms with Crippen molar-refractivity contribution >= 4 is 68.4 Å². The van der Waals surface area contributed by atoms with E-state index in [1.54, 1.807) is 0 Å². The highest BCUT2D eigenvalue weighted by Gasteiger charge is 2.46. The van der Waals surface area contributed by atoms with Crippen molar-refractivity contribution in [2.45, 2.75) is 51.4 Å². The van der Waals surface area contributed by atoms with Crippen molar-refractivity contribution in [3.63, 3.8) is 0 Å². The zero-order valence-electron chi connectivity index (χ0n) is 25.8. The van der Waals surface area contributed by atoms with Crippen LogP contribution >= 0.6 is 0 Å². The summed E-state index contributed by atoms with van der Waals surface area (Å²) in [6.07, 6.45) is 2.40. The van der Waals surface area contributed by atoms with Crippen molar-refractivity contribution in [3.05, 3.63) is 126 Å². The summed E-state index contributed by atoms with van der Waals surface area (Å²) in [5.74, 6) is 0. The minimum absolute atomic E-state index is 0.0102. The van der Waals surface area contributed by atoms with Crippen LogP contribution in [0, 0.1) is 0 Å². The molecule has 6 aromatic rings. The predicted molar refractivity (Wildman–Crippen MR) is 186 cm³/mol. The molecule has 1 aromatic heterocycles. The molecule has 0 saturated heterocycles. The van der Waals surface area contributed by atoms with E-state index in [1.807, 2.05) is 0 Å². The SMILES string of the molecule is CC1(C)CCC(C)(C)c2cc(N3c4ccccc4B4c5oc6ccccc6c5N(c5ccccc5)c5cccc3c54)ccc21. The van der Waals surface area contributed by atoms with Crippen molar-refractivity contribution < 1.29 is 4.42 Å². The first-order valence-corrected chi connectivity index (χ1v) is 15.9. The summed E-state index contributed by atoms with van der Waals surface area (Å²) in [6, 6.07) is 42.2. The summed E-state index contributed by atoms with van der Waals surface area (Å²) in [7, 11) is 0. The fraction of sp³-hybridized carbons (Fsp3) is 0.200. The standard InChI is InChI=1S/C40H35BN2O/c1-39(2)23-24-40(3,4)30-25-27(21-22-29(30)39)42-32-17-10-9-16-31(32)41-36-33(42)18-12-19-34(36)43(26-13-6-5-7-14-26)37-28-15-8-11-20-35(28)44-38(37)41/h5-22,25H,23-24H2,1-4H3. The normalized spacial score (nSPS) is 17.1. The third kappa shape index (κ3) is 3.45. The minimum Gasteiger partial charge on any atom is -0.468 e. The number of benzene rings is 5. The highest BCUT2D eigenvalue weighted by molar-refractivity contribution is 6.99. The molecule has 9 rings (SSSR count). The van der Waals surface area contributed by atoms with E-state index in [0.29, 0.717) is 0 Å². The van der Waals surface area contributed by atoms with Gasteiger partial charge in [-0.15, -0.1) is 0 Å². The lowest BCUT2D eigenvalue weighted by atomic mass is 9.35. The van der Waals surface area contributed by atoms with Gasteiger partial charge in [-0.1, -0.05) is 88.4 Å². The summed E-state index contributed by atoms with van der Waals surface area (Å²) >= 11 is 0. The molecule has 2 aliphatic heterocycles. The van der Waals surface area contributed by atoms with E-state index in [1.165, 1.54) is 57.6 Å². The van der Waals surface area contributed by atoms with Crippen molar-refractivity contribution in [2.24, 2.45) is 0 Å². The molecule has 1 aliphatic carbocycles. The zero-order chi connectivity index (χ0) is 29.8. The molecule has 5 aromatic carbocycles. The number of anilines is 6. The van der Waals surface area contributed by atoms with Gasteiger partial charge in [-0.05, 0) is 100 Å². The fourth-order valence-electron chi connectivity index (χ4n) is 8.16. The number of nitrogens with zero attached hydrogens (tertiary/aromatic N) is 2. The van der Waals surface area contributed by atoms with Crippen molar-refractivity contribution in [1.82, 2.24) is 0 Å². The molecule has 0 amide bonds. The lowest BCUT2D eigenvalue weighted by molar-refractivity contribution is 0.332. The average molecular weight is 571 g/mol. The van der Waals surface area contributed by atoms with Gasteiger partial charge in [0.15, 0.2) is 0 Å². The Kier molecular flexibility index (Phi) is 5.22. The molecule has 3 heterocycles. The third-order valence-corrected chi connectivity index (χ3v) is 10.5. The maximum atomic E-state index is 6.85. The second-order valence-corrected chi connectivity index (χ2v) is 14.0. The van der Waals surface area contributed by atoms with Gasteiger partial charge in [0.25, 0.3) is 6.71 Å². The van der Waals surface area contributed by atoms with Gasteiger partial charge in [0.2, 0.25) is 0 Å². The first kappa shape index (κ1) is 25.8. The highest BCUT2D eigenvalue weighted by atomic mass is 16.3. The molecule has 0 radical (unpaired) electrons. The quantitative estimate of drug-likeness (QED) is 0.194. The van der Waals surface area contributed by atoms with Crippen LogP contribution in [-0.2, 0) is 10.8 Å². The molecular formula is C40H35BN2O. The van der Waals surface area contributed by atoms with Gasteiger partial charge in [-0.2, -0.15) is 0 Å². The molecule has 214 valence electrons. The van der Waals surface area contributed by atoms with Crippen LogP contribution in [-0.4, -0.2) is 6.71 Å². The molecule has 0 spiro atoms. The van der Waals surface area contributed by atoms with Crippen LogP contribution in [0.4, 0.5) is 34.1 Å². The van der Waals surface area contributed by atoms with Crippen LogP contribution < -0.4 is 26.4 Å². The number of rotatable bonds is 2. The van der Waals surface area contributed by atoms with Crippen LogP contribution in [0.25, 0.3) is 11.0 Å². The summed E-state index contributed by atoms with van der Waals surface area (Å²) in [6.45, 7) is 9.62. The summed E-state index contributed by atoms with van der Waals surface area (Å²) in [5.41, 5.74) is 14.9. The summed E-state index contributed by atoms with van der Waals surface area (Å²) in [5, 5.41) is 1.14. The molecule has 0 atom stereocenters. The van der Waals surface area contributed by atoms with Gasteiger partial charge in [0.1, 0.15) is 5.58 Å². The predicted octanol–water partition coefficient (Wildman–Crippen LogP) is 8.86. The number of fused-ring (bicyclic) bond motifs is 7. The van der Waals surface area contributed by atoms with Crippen molar-refractivity contribution in [3.8, 4) is 0 Å². The van der Waals surface area contributed by atoms with E-state index in [4.69, 9.17) is 4.42 Å². The average Bonchev–Trinajstić information content (AvgIpc) is 3.43. The molecule has 4 heteroatoms. The lowest BCUT2D eigenvalue weighted by Crippen LogP contribution is -2.60. The Morgan fingerprint density at radius 1 is 0.591 bits per heavy atom. The van der Waals surface area contributed by atoms with Gasteiger partial charge in [0, 0.05) is 33.8 Å². The molecule has 3 nitrogen and oxygen atoms in total. The second-order valence-electron chi connectivity index (χ2n) is 14.0. The smallest absolute Gasteiger partial charge is 0.297 e. The summed E-state index contributed by atoms with van der Waals surface area (Å²) in [4.78, 5) is 4.92. The maximum absolute atomic E-state index is 6.85. The second kappa shape index (κ2) is 8.92. The highest BCUT2D eigenvalue weighted by Crippen LogP contribution is 2.50. The number of furan rings is 1. The Labute approximate surface area is 259 Å². The largest absolute Gasteiger partial charge is 0.468 e. The molecular weight excluding hydrogens is 535 g/mol. The van der Waals surface area contributed by atoms with Gasteiger partial charge >= 0.3 is 0 Å². The van der Waals surface area contributed by atoms with E-state index in [2.05, 4.69) is 153 Å². The molecule has 3 aliphatic rings. The Bertz CT molecular complexity index is 2110. The van der Waals surface area contributed by atoms with Gasteiger partial charge in [-0.25, -0.2) is 0 Å². The van der Waals surface area contributed by atoms with Crippen molar-refractivity contribution in [2.75, 3.05) is 9.80 Å². The number of hydrogen-bond donors (Lipinski definition) is 0. The minimum atomic E-state index is -0.0102.